The highest BCUT2D eigenvalue weighted by Crippen LogP contribution is 2.20. The van der Waals surface area contributed by atoms with Gasteiger partial charge in [-0.3, -0.25) is 9.59 Å². The highest BCUT2D eigenvalue weighted by Gasteiger charge is 2.31. The van der Waals surface area contributed by atoms with Crippen molar-refractivity contribution in [3.8, 4) is 5.75 Å². The fraction of sp³-hybridized carbons (Fsp3) is 0.579. The van der Waals surface area contributed by atoms with E-state index in [1.165, 1.54) is 0 Å². The van der Waals surface area contributed by atoms with Gasteiger partial charge in [0.05, 0.1) is 7.11 Å². The van der Waals surface area contributed by atoms with Gasteiger partial charge in [-0.2, -0.15) is 0 Å². The van der Waals surface area contributed by atoms with Crippen molar-refractivity contribution in [1.29, 1.82) is 0 Å². The number of hydrogen-bond acceptors (Lipinski definition) is 3. The third-order valence-electron chi connectivity index (χ3n) is 4.38. The Bertz CT molecular complexity index is 571. The van der Waals surface area contributed by atoms with Gasteiger partial charge in [0.25, 0.3) is 0 Å². The number of benzene rings is 1. The number of rotatable bonds is 7. The van der Waals surface area contributed by atoms with Crippen molar-refractivity contribution < 1.29 is 14.3 Å². The number of nitrogens with one attached hydrogen (secondary N) is 1. The van der Waals surface area contributed by atoms with E-state index in [0.29, 0.717) is 31.8 Å². The summed E-state index contributed by atoms with van der Waals surface area (Å²) in [6.45, 7) is 5.24. The van der Waals surface area contributed by atoms with Gasteiger partial charge in [-0.15, -0.1) is 0 Å². The first-order valence-electron chi connectivity index (χ1n) is 8.72. The maximum Gasteiger partial charge on any atom is 0.243 e. The molecule has 1 aliphatic heterocycles. The first-order chi connectivity index (χ1) is 11.5. The minimum absolute atomic E-state index is 0.0788. The third kappa shape index (κ3) is 4.73. The molecule has 1 fully saturated rings. The zero-order chi connectivity index (χ0) is 17.5. The SMILES string of the molecule is COc1ccccc1CNC(=O)[C@@H](CC(C)C)N1CCCCC1=O. The largest absolute Gasteiger partial charge is 0.496 e. The Morgan fingerprint density at radius 3 is 2.71 bits per heavy atom. The lowest BCUT2D eigenvalue weighted by Gasteiger charge is -2.34. The number of amides is 2. The molecule has 1 atom stereocenters. The number of para-hydroxylation sites is 1. The lowest BCUT2D eigenvalue weighted by molar-refractivity contribution is -0.143. The molecule has 5 nitrogen and oxygen atoms in total. The van der Waals surface area contributed by atoms with Crippen LogP contribution in [0, 0.1) is 5.92 Å². The Kier molecular flexibility index (Phi) is 6.64. The molecule has 132 valence electrons. The molecule has 5 heteroatoms. The summed E-state index contributed by atoms with van der Waals surface area (Å²) in [6.07, 6.45) is 3.13. The number of hydrogen-bond donors (Lipinski definition) is 1. The summed E-state index contributed by atoms with van der Waals surface area (Å²) in [5.41, 5.74) is 0.932. The van der Waals surface area contributed by atoms with E-state index >= 15 is 0 Å². The summed E-state index contributed by atoms with van der Waals surface area (Å²) >= 11 is 0. The van der Waals surface area contributed by atoms with E-state index in [-0.39, 0.29) is 17.9 Å². The molecule has 1 aromatic rings. The van der Waals surface area contributed by atoms with Crippen LogP contribution >= 0.6 is 0 Å². The number of nitrogens with zero attached hydrogens (tertiary/aromatic N) is 1. The van der Waals surface area contributed by atoms with Gasteiger partial charge in [0.15, 0.2) is 0 Å². The van der Waals surface area contributed by atoms with E-state index in [4.69, 9.17) is 4.74 Å². The maximum atomic E-state index is 12.8. The van der Waals surface area contributed by atoms with Gasteiger partial charge in [0, 0.05) is 25.1 Å². The molecule has 0 saturated carbocycles. The normalized spacial score (nSPS) is 16.2. The van der Waals surface area contributed by atoms with Crippen LogP contribution in [0.25, 0.3) is 0 Å². The number of ether oxygens (including phenoxy) is 1. The molecule has 1 saturated heterocycles. The summed E-state index contributed by atoms with van der Waals surface area (Å²) in [5.74, 6) is 1.12. The van der Waals surface area contributed by atoms with Crippen LogP contribution in [0.5, 0.6) is 5.75 Å². The molecule has 0 aliphatic carbocycles. The summed E-state index contributed by atoms with van der Waals surface area (Å²) < 4.78 is 5.32. The van der Waals surface area contributed by atoms with E-state index < -0.39 is 0 Å². The van der Waals surface area contributed by atoms with Crippen molar-refractivity contribution in [3.05, 3.63) is 29.8 Å². The van der Waals surface area contributed by atoms with E-state index in [1.807, 2.05) is 24.3 Å². The third-order valence-corrected chi connectivity index (χ3v) is 4.38. The first kappa shape index (κ1) is 18.3. The second-order valence-electron chi connectivity index (χ2n) is 6.72. The molecule has 0 radical (unpaired) electrons. The number of piperidine rings is 1. The van der Waals surface area contributed by atoms with Gasteiger partial charge in [-0.1, -0.05) is 32.0 Å². The predicted octanol–water partition coefficient (Wildman–Crippen LogP) is 2.74. The highest BCUT2D eigenvalue weighted by atomic mass is 16.5. The molecular formula is C19H28N2O3. The van der Waals surface area contributed by atoms with Gasteiger partial charge in [0.2, 0.25) is 11.8 Å². The maximum absolute atomic E-state index is 12.8. The minimum Gasteiger partial charge on any atom is -0.496 e. The first-order valence-corrected chi connectivity index (χ1v) is 8.72. The van der Waals surface area contributed by atoms with Gasteiger partial charge < -0.3 is 15.0 Å². The van der Waals surface area contributed by atoms with Crippen molar-refractivity contribution >= 4 is 11.8 Å². The minimum atomic E-state index is -0.382. The molecular weight excluding hydrogens is 304 g/mol. The van der Waals surface area contributed by atoms with Gasteiger partial charge in [-0.25, -0.2) is 0 Å². The van der Waals surface area contributed by atoms with Gasteiger partial charge >= 0.3 is 0 Å². The summed E-state index contributed by atoms with van der Waals surface area (Å²) in [5, 5.41) is 2.98. The summed E-state index contributed by atoms with van der Waals surface area (Å²) in [7, 11) is 1.62. The van der Waals surface area contributed by atoms with Crippen molar-refractivity contribution in [1.82, 2.24) is 10.2 Å². The Hall–Kier alpha value is -2.04. The van der Waals surface area contributed by atoms with Crippen LogP contribution in [0.1, 0.15) is 45.1 Å². The molecule has 0 aromatic heterocycles. The molecule has 1 N–H and O–H groups in total. The molecule has 1 heterocycles. The molecule has 0 unspecified atom stereocenters. The van der Waals surface area contributed by atoms with Crippen LogP contribution in [-0.2, 0) is 16.1 Å². The monoisotopic (exact) mass is 332 g/mol. The van der Waals surface area contributed by atoms with Crippen LogP contribution in [-0.4, -0.2) is 36.4 Å². The molecule has 1 aliphatic rings. The molecule has 1 aromatic carbocycles. The topological polar surface area (TPSA) is 58.6 Å². The van der Waals surface area contributed by atoms with Gasteiger partial charge in [-0.05, 0) is 31.2 Å². The second-order valence-corrected chi connectivity index (χ2v) is 6.72. The Morgan fingerprint density at radius 1 is 1.29 bits per heavy atom. The van der Waals surface area contributed by atoms with Crippen LogP contribution in [0.15, 0.2) is 24.3 Å². The fourth-order valence-electron chi connectivity index (χ4n) is 3.13. The Balaban J connectivity index is 2.05. The standard InChI is InChI=1S/C19H28N2O3/c1-14(2)12-16(21-11-7-6-10-18(21)22)19(23)20-13-15-8-4-5-9-17(15)24-3/h4-5,8-9,14,16H,6-7,10-13H2,1-3H3,(H,20,23)/t16-/m1/s1. The molecule has 0 spiro atoms. The van der Waals surface area contributed by atoms with Gasteiger partial charge in [0.1, 0.15) is 11.8 Å². The average Bonchev–Trinajstić information content (AvgIpc) is 2.58. The predicted molar refractivity (Wildman–Crippen MR) is 93.6 cm³/mol. The Labute approximate surface area is 144 Å². The van der Waals surface area contributed by atoms with Crippen molar-refractivity contribution in [2.75, 3.05) is 13.7 Å². The summed E-state index contributed by atoms with van der Waals surface area (Å²) in [6, 6.07) is 7.25. The lowest BCUT2D eigenvalue weighted by Crippen LogP contribution is -2.51. The molecule has 2 amide bonds. The van der Waals surface area contributed by atoms with E-state index in [1.54, 1.807) is 12.0 Å². The smallest absolute Gasteiger partial charge is 0.243 e. The van der Waals surface area contributed by atoms with E-state index in [0.717, 1.165) is 24.2 Å². The number of methoxy groups -OCH3 is 1. The average molecular weight is 332 g/mol. The number of likely N-dealkylation sites (tertiary alicyclic amines) is 1. The van der Waals surface area contributed by atoms with Crippen molar-refractivity contribution in [3.63, 3.8) is 0 Å². The van der Waals surface area contributed by atoms with Crippen molar-refractivity contribution in [2.24, 2.45) is 5.92 Å². The molecule has 0 bridgehead atoms. The Morgan fingerprint density at radius 2 is 2.04 bits per heavy atom. The quantitative estimate of drug-likeness (QED) is 0.835. The fourth-order valence-corrected chi connectivity index (χ4v) is 3.13. The van der Waals surface area contributed by atoms with Crippen molar-refractivity contribution in [2.45, 2.75) is 52.1 Å². The van der Waals surface area contributed by atoms with Crippen LogP contribution in [0.3, 0.4) is 0 Å². The molecule has 2 rings (SSSR count). The number of carbonyl (C=O) groups excluding carboxylic acids is 2. The zero-order valence-electron chi connectivity index (χ0n) is 14.9. The van der Waals surface area contributed by atoms with Crippen LogP contribution in [0.4, 0.5) is 0 Å². The van der Waals surface area contributed by atoms with E-state index in [2.05, 4.69) is 19.2 Å². The second kappa shape index (κ2) is 8.71. The zero-order valence-corrected chi connectivity index (χ0v) is 14.9. The van der Waals surface area contributed by atoms with E-state index in [9.17, 15) is 9.59 Å². The summed E-state index contributed by atoms with van der Waals surface area (Å²) in [4.78, 5) is 26.7. The molecule has 24 heavy (non-hydrogen) atoms. The lowest BCUT2D eigenvalue weighted by atomic mass is 9.98. The van der Waals surface area contributed by atoms with Crippen LogP contribution in [0.2, 0.25) is 0 Å². The van der Waals surface area contributed by atoms with Crippen LogP contribution < -0.4 is 10.1 Å². The number of carbonyl (C=O) groups is 2. The highest BCUT2D eigenvalue weighted by molar-refractivity contribution is 5.88.